The molecule has 2 rings (SSSR count). The minimum Gasteiger partial charge on any atom is -0.459 e. The number of aryl methyl sites for hydroxylation is 1. The van der Waals surface area contributed by atoms with Crippen LogP contribution in [0.2, 0.25) is 0 Å². The Labute approximate surface area is 166 Å². The molecule has 10 nitrogen and oxygen atoms in total. The van der Waals surface area contributed by atoms with Gasteiger partial charge in [-0.25, -0.2) is 9.59 Å². The number of hydrogen-bond donors (Lipinski definition) is 2. The van der Waals surface area contributed by atoms with Crippen molar-refractivity contribution < 1.29 is 28.8 Å². The van der Waals surface area contributed by atoms with Crippen LogP contribution in [0, 0.1) is 24.0 Å². The molecule has 1 amide bonds. The van der Waals surface area contributed by atoms with Gasteiger partial charge in [-0.2, -0.15) is 0 Å². The molecule has 1 aromatic carbocycles. The Morgan fingerprint density at radius 3 is 2.31 bits per heavy atom. The summed E-state index contributed by atoms with van der Waals surface area (Å²) in [6.07, 6.45) is -0.310. The molecule has 1 heterocycles. The van der Waals surface area contributed by atoms with E-state index in [0.717, 1.165) is 0 Å². The summed E-state index contributed by atoms with van der Waals surface area (Å²) < 4.78 is 10.2. The van der Waals surface area contributed by atoms with Crippen LogP contribution < -0.4 is 5.32 Å². The number of hydrogen-bond acceptors (Lipinski definition) is 7. The number of anilines is 1. The zero-order chi connectivity index (χ0) is 21.7. The van der Waals surface area contributed by atoms with Gasteiger partial charge in [-0.05, 0) is 45.4 Å². The first-order chi connectivity index (χ1) is 13.6. The molecule has 10 heteroatoms. The predicted octanol–water partition coefficient (Wildman–Crippen LogP) is 2.90. The third kappa shape index (κ3) is 5.41. The van der Waals surface area contributed by atoms with E-state index in [1.165, 1.54) is 24.3 Å². The average molecular weight is 403 g/mol. The molecule has 0 saturated heterocycles. The van der Waals surface area contributed by atoms with Gasteiger partial charge in [0.15, 0.2) is 6.61 Å². The van der Waals surface area contributed by atoms with Gasteiger partial charge < -0.3 is 19.8 Å². The van der Waals surface area contributed by atoms with Crippen molar-refractivity contribution >= 4 is 29.2 Å². The van der Waals surface area contributed by atoms with Crippen LogP contribution in [0.3, 0.4) is 0 Å². The molecule has 2 aromatic rings. The maximum atomic E-state index is 12.3. The first-order valence-corrected chi connectivity index (χ1v) is 8.71. The van der Waals surface area contributed by atoms with Crippen LogP contribution in [0.4, 0.5) is 11.4 Å². The van der Waals surface area contributed by atoms with Crippen molar-refractivity contribution in [2.45, 2.75) is 33.8 Å². The van der Waals surface area contributed by atoms with Crippen LogP contribution >= 0.6 is 0 Å². The summed E-state index contributed by atoms with van der Waals surface area (Å²) >= 11 is 0. The summed E-state index contributed by atoms with van der Waals surface area (Å²) in [6, 6.07) is 5.21. The summed E-state index contributed by atoms with van der Waals surface area (Å²) in [7, 11) is 0. The average Bonchev–Trinajstić information content (AvgIpc) is 2.94. The van der Waals surface area contributed by atoms with Crippen LogP contribution in [-0.4, -0.2) is 40.5 Å². The molecular weight excluding hydrogens is 382 g/mol. The van der Waals surface area contributed by atoms with Gasteiger partial charge in [0.25, 0.3) is 11.6 Å². The number of esters is 2. The Kier molecular flexibility index (Phi) is 6.71. The van der Waals surface area contributed by atoms with Crippen molar-refractivity contribution in [2.75, 3.05) is 11.9 Å². The highest BCUT2D eigenvalue weighted by Gasteiger charge is 2.24. The van der Waals surface area contributed by atoms with E-state index in [0.29, 0.717) is 16.9 Å². The molecule has 0 aliphatic carbocycles. The Morgan fingerprint density at radius 2 is 1.76 bits per heavy atom. The number of aromatic amines is 1. The fourth-order valence-corrected chi connectivity index (χ4v) is 2.60. The maximum Gasteiger partial charge on any atom is 0.355 e. The lowest BCUT2D eigenvalue weighted by atomic mass is 10.1. The molecular formula is C19H21N3O7. The first-order valence-electron chi connectivity index (χ1n) is 8.71. The highest BCUT2D eigenvalue weighted by atomic mass is 16.6. The number of nitrogens with zero attached hydrogens (tertiary/aromatic N) is 1. The zero-order valence-corrected chi connectivity index (χ0v) is 16.4. The lowest BCUT2D eigenvalue weighted by Crippen LogP contribution is -2.21. The van der Waals surface area contributed by atoms with Crippen LogP contribution in [0.1, 0.15) is 46.0 Å². The number of benzene rings is 1. The number of aromatic nitrogens is 1. The van der Waals surface area contributed by atoms with E-state index in [9.17, 15) is 24.5 Å². The normalized spacial score (nSPS) is 10.5. The topological polar surface area (TPSA) is 141 Å². The summed E-state index contributed by atoms with van der Waals surface area (Å²) in [4.78, 5) is 49.3. The van der Waals surface area contributed by atoms with Crippen LogP contribution in [-0.2, 0) is 14.3 Å². The van der Waals surface area contributed by atoms with Crippen molar-refractivity contribution in [1.82, 2.24) is 4.98 Å². The van der Waals surface area contributed by atoms with Crippen LogP contribution in [0.15, 0.2) is 24.3 Å². The number of nitrogens with one attached hydrogen (secondary N) is 2. The SMILES string of the molecule is Cc1[nH]c(C(=O)OCC(=O)Nc2ccc([N+](=O)[O-])cc2)c(C)c1C(=O)OC(C)C. The molecule has 0 unspecified atom stereocenters. The Hall–Kier alpha value is -3.69. The minimum absolute atomic E-state index is 0.0568. The smallest absolute Gasteiger partial charge is 0.355 e. The molecule has 0 fully saturated rings. The number of non-ortho nitro benzene ring substituents is 1. The second kappa shape index (κ2) is 9.00. The van der Waals surface area contributed by atoms with Gasteiger partial charge in [-0.15, -0.1) is 0 Å². The van der Waals surface area contributed by atoms with Gasteiger partial charge in [0.05, 0.1) is 16.6 Å². The number of ether oxygens (including phenoxy) is 2. The van der Waals surface area contributed by atoms with Gasteiger partial charge in [-0.1, -0.05) is 0 Å². The van der Waals surface area contributed by atoms with Gasteiger partial charge >= 0.3 is 11.9 Å². The Balaban J connectivity index is 1.99. The van der Waals surface area contributed by atoms with E-state index in [2.05, 4.69) is 10.3 Å². The van der Waals surface area contributed by atoms with Crippen molar-refractivity contribution in [3.05, 3.63) is 56.9 Å². The molecule has 29 heavy (non-hydrogen) atoms. The van der Waals surface area contributed by atoms with Gasteiger partial charge in [0.2, 0.25) is 0 Å². The van der Waals surface area contributed by atoms with E-state index in [1.54, 1.807) is 27.7 Å². The van der Waals surface area contributed by atoms with E-state index in [1.807, 2.05) is 0 Å². The molecule has 2 N–H and O–H groups in total. The fraction of sp³-hybridized carbons (Fsp3) is 0.316. The molecule has 0 saturated carbocycles. The third-order valence-electron chi connectivity index (χ3n) is 3.88. The number of carbonyl (C=O) groups excluding carboxylic acids is 3. The lowest BCUT2D eigenvalue weighted by Gasteiger charge is -2.08. The van der Waals surface area contributed by atoms with E-state index >= 15 is 0 Å². The summed E-state index contributed by atoms with van der Waals surface area (Å²) in [5.74, 6) is -1.97. The van der Waals surface area contributed by atoms with Crippen molar-refractivity contribution in [1.29, 1.82) is 0 Å². The fourth-order valence-electron chi connectivity index (χ4n) is 2.60. The largest absolute Gasteiger partial charge is 0.459 e. The first kappa shape index (κ1) is 21.6. The molecule has 0 bridgehead atoms. The highest BCUT2D eigenvalue weighted by molar-refractivity contribution is 5.99. The van der Waals surface area contributed by atoms with Crippen molar-refractivity contribution in [3.63, 3.8) is 0 Å². The number of nitro benzene ring substituents is 1. The van der Waals surface area contributed by atoms with Crippen molar-refractivity contribution in [3.8, 4) is 0 Å². The molecule has 0 aliphatic rings. The molecule has 0 radical (unpaired) electrons. The molecule has 0 spiro atoms. The maximum absolute atomic E-state index is 12.3. The van der Waals surface area contributed by atoms with Gasteiger partial charge in [0.1, 0.15) is 5.69 Å². The molecule has 1 aromatic heterocycles. The molecule has 0 atom stereocenters. The number of carbonyl (C=O) groups is 3. The van der Waals surface area contributed by atoms with E-state index in [-0.39, 0.29) is 23.0 Å². The minimum atomic E-state index is -0.798. The monoisotopic (exact) mass is 403 g/mol. The van der Waals surface area contributed by atoms with Gasteiger partial charge in [-0.3, -0.25) is 14.9 Å². The predicted molar refractivity (Wildman–Crippen MR) is 103 cm³/mol. The summed E-state index contributed by atoms with van der Waals surface area (Å²) in [6.45, 7) is 6.07. The number of H-pyrrole nitrogens is 1. The van der Waals surface area contributed by atoms with Crippen molar-refractivity contribution in [2.24, 2.45) is 0 Å². The van der Waals surface area contributed by atoms with Gasteiger partial charge in [0, 0.05) is 23.5 Å². The number of amides is 1. The third-order valence-corrected chi connectivity index (χ3v) is 3.88. The summed E-state index contributed by atoms with van der Waals surface area (Å²) in [5.41, 5.74) is 1.34. The van der Waals surface area contributed by atoms with E-state index < -0.39 is 29.4 Å². The second-order valence-corrected chi connectivity index (χ2v) is 6.51. The lowest BCUT2D eigenvalue weighted by molar-refractivity contribution is -0.384. The second-order valence-electron chi connectivity index (χ2n) is 6.51. The number of rotatable bonds is 7. The van der Waals surface area contributed by atoms with Crippen LogP contribution in [0.25, 0.3) is 0 Å². The van der Waals surface area contributed by atoms with E-state index in [4.69, 9.17) is 9.47 Å². The summed E-state index contributed by atoms with van der Waals surface area (Å²) in [5, 5.41) is 13.1. The van der Waals surface area contributed by atoms with Crippen LogP contribution in [0.5, 0.6) is 0 Å². The zero-order valence-electron chi connectivity index (χ0n) is 16.4. The quantitative estimate of drug-likeness (QED) is 0.411. The Bertz CT molecular complexity index is 945. The molecule has 0 aliphatic heterocycles. The standard InChI is InChI=1S/C19H21N3O7/c1-10(2)29-18(24)16-11(3)17(20-12(16)4)19(25)28-9-15(23)21-13-5-7-14(8-6-13)22(26)27/h5-8,10,20H,9H2,1-4H3,(H,21,23). The highest BCUT2D eigenvalue weighted by Crippen LogP contribution is 2.20. The molecule has 154 valence electrons. The Morgan fingerprint density at radius 1 is 1.14 bits per heavy atom. The number of nitro groups is 1.